The Labute approximate surface area is 141 Å². The summed E-state index contributed by atoms with van der Waals surface area (Å²) in [4.78, 5) is 12.2. The van der Waals surface area contributed by atoms with Gasteiger partial charge in [-0.15, -0.1) is 0 Å². The molecule has 0 amide bonds. The molecule has 0 aliphatic carbocycles. The monoisotopic (exact) mass is 341 g/mol. The Bertz CT molecular complexity index is 886. The third-order valence-corrected chi connectivity index (χ3v) is 4.47. The van der Waals surface area contributed by atoms with Crippen molar-refractivity contribution >= 4 is 22.3 Å². The number of nitrogens with zero attached hydrogens (tertiary/aromatic N) is 2. The van der Waals surface area contributed by atoms with E-state index in [2.05, 4.69) is 51.8 Å². The minimum Gasteiger partial charge on any atom is -0.476 e. The van der Waals surface area contributed by atoms with Crippen molar-refractivity contribution in [1.29, 1.82) is 0 Å². The lowest BCUT2D eigenvalue weighted by molar-refractivity contribution is 0.0687. The van der Waals surface area contributed by atoms with E-state index in [1.165, 1.54) is 4.90 Å². The number of rotatable bonds is 5. The fraction of sp³-hybridized carbons (Fsp3) is 0.0588. The molecule has 0 saturated heterocycles. The molecule has 1 atom stereocenters. The summed E-state index contributed by atoms with van der Waals surface area (Å²) in [6, 6.07) is 15.6. The Morgan fingerprint density at radius 3 is 2.25 bits per heavy atom. The van der Waals surface area contributed by atoms with E-state index < -0.39 is 5.97 Å². The van der Waals surface area contributed by atoms with Gasteiger partial charge in [-0.2, -0.15) is 10.5 Å². The van der Waals surface area contributed by atoms with Crippen LogP contribution in [0.15, 0.2) is 53.4 Å². The highest BCUT2D eigenvalue weighted by atomic mass is 32.2. The maximum atomic E-state index is 11.0. The molecule has 2 aromatic carbocycles. The third-order valence-electron chi connectivity index (χ3n) is 3.39. The van der Waals surface area contributed by atoms with Crippen LogP contribution in [0.5, 0.6) is 11.6 Å². The molecule has 2 N–H and O–H groups in total. The van der Waals surface area contributed by atoms with Crippen LogP contribution in [0.4, 0.5) is 0 Å². The molecule has 6 nitrogen and oxygen atoms in total. The number of aromatic amines is 1. The van der Waals surface area contributed by atoms with Crippen LogP contribution in [0.2, 0.25) is 0 Å². The van der Waals surface area contributed by atoms with Gasteiger partial charge in [0.2, 0.25) is 5.69 Å². The first kappa shape index (κ1) is 15.9. The highest BCUT2D eigenvalue weighted by molar-refractivity contribution is 8.13. The zero-order valence-electron chi connectivity index (χ0n) is 12.9. The molecule has 0 aliphatic rings. The fourth-order valence-electron chi connectivity index (χ4n) is 2.14. The van der Waals surface area contributed by atoms with Crippen LogP contribution in [0.1, 0.15) is 10.5 Å². The van der Waals surface area contributed by atoms with Crippen LogP contribution in [-0.2, 0) is 0 Å². The second-order valence-corrected chi connectivity index (χ2v) is 6.83. The van der Waals surface area contributed by atoms with Gasteiger partial charge in [-0.1, -0.05) is 40.4 Å². The van der Waals surface area contributed by atoms with E-state index >= 15 is 0 Å². The summed E-state index contributed by atoms with van der Waals surface area (Å²) in [6.07, 6.45) is 2.08. The molecule has 3 rings (SSSR count). The summed E-state index contributed by atoms with van der Waals surface area (Å²) in [5, 5.41) is 18.3. The Hall–Kier alpha value is -2.93. The Morgan fingerprint density at radius 2 is 1.71 bits per heavy atom. The molecule has 1 unspecified atom stereocenters. The van der Waals surface area contributed by atoms with Crippen molar-refractivity contribution in [2.75, 3.05) is 6.26 Å². The molecule has 0 bridgehead atoms. The van der Waals surface area contributed by atoms with Gasteiger partial charge in [0.15, 0.2) is 0 Å². The van der Waals surface area contributed by atoms with Crippen molar-refractivity contribution in [3.05, 3.63) is 54.2 Å². The smallest absolute Gasteiger partial charge is 0.359 e. The van der Waals surface area contributed by atoms with Crippen LogP contribution in [0.3, 0.4) is 0 Å². The number of carboxylic acids is 1. The molecule has 0 fully saturated rings. The van der Waals surface area contributed by atoms with Crippen molar-refractivity contribution in [3.8, 4) is 22.8 Å². The predicted octanol–water partition coefficient (Wildman–Crippen LogP) is 3.65. The zero-order chi connectivity index (χ0) is 17.1. The standard InChI is InChI=1S/C17H15N3O3S/c1-24(2)14-9-5-12(6-10-14)11-3-7-13(8-4-11)23-16-15(17(21)22)18-20-19-16/h3-10H,1H2,2H3,(H,21,22)(H,18,19,20). The van der Waals surface area contributed by atoms with E-state index in [9.17, 15) is 4.79 Å². The summed E-state index contributed by atoms with van der Waals surface area (Å²) in [5.41, 5.74) is 1.94. The van der Waals surface area contributed by atoms with Crippen molar-refractivity contribution in [1.82, 2.24) is 15.4 Å². The average Bonchev–Trinajstić information content (AvgIpc) is 3.04. The molecule has 122 valence electrons. The third kappa shape index (κ3) is 3.36. The second-order valence-electron chi connectivity index (χ2n) is 5.09. The molecule has 1 aromatic heterocycles. The van der Waals surface area contributed by atoms with Crippen LogP contribution < -0.4 is 4.74 Å². The van der Waals surface area contributed by atoms with E-state index in [0.717, 1.165) is 11.1 Å². The van der Waals surface area contributed by atoms with Gasteiger partial charge in [0.25, 0.3) is 5.88 Å². The summed E-state index contributed by atoms with van der Waals surface area (Å²) >= 11 is 0. The second kappa shape index (κ2) is 6.67. The Kier molecular flexibility index (Phi) is 4.43. The van der Waals surface area contributed by atoms with Gasteiger partial charge in [0.1, 0.15) is 5.75 Å². The molecule has 0 radical (unpaired) electrons. The zero-order valence-corrected chi connectivity index (χ0v) is 13.7. The summed E-state index contributed by atoms with van der Waals surface area (Å²) in [5.74, 6) is 3.28. The number of benzene rings is 2. The molecular formula is C17H15N3O3S. The van der Waals surface area contributed by atoms with Gasteiger partial charge in [-0.05, 0) is 41.6 Å². The number of H-pyrrole nitrogens is 1. The van der Waals surface area contributed by atoms with Crippen LogP contribution >= 0.6 is 10.5 Å². The fourth-order valence-corrected chi connectivity index (χ4v) is 2.74. The number of hydrogen-bond acceptors (Lipinski definition) is 4. The van der Waals surface area contributed by atoms with Gasteiger partial charge < -0.3 is 9.84 Å². The topological polar surface area (TPSA) is 88.1 Å². The lowest BCUT2D eigenvalue weighted by atomic mass is 10.1. The predicted molar refractivity (Wildman–Crippen MR) is 94.2 cm³/mol. The van der Waals surface area contributed by atoms with E-state index in [4.69, 9.17) is 9.84 Å². The van der Waals surface area contributed by atoms with Crippen LogP contribution in [0.25, 0.3) is 11.1 Å². The molecule has 0 aliphatic heterocycles. The minimum absolute atomic E-state index is 0.00595. The molecule has 7 heteroatoms. The number of aromatic carboxylic acids is 1. The lowest BCUT2D eigenvalue weighted by Crippen LogP contribution is -1.99. The van der Waals surface area contributed by atoms with Gasteiger partial charge in [0, 0.05) is 4.90 Å². The highest BCUT2D eigenvalue weighted by Gasteiger charge is 2.16. The average molecular weight is 341 g/mol. The molecule has 24 heavy (non-hydrogen) atoms. The van der Waals surface area contributed by atoms with Crippen molar-refractivity contribution in [2.45, 2.75) is 4.90 Å². The van der Waals surface area contributed by atoms with Crippen molar-refractivity contribution in [2.24, 2.45) is 0 Å². The number of carbonyl (C=O) groups is 1. The molecule has 1 heterocycles. The lowest BCUT2D eigenvalue weighted by Gasteiger charge is -2.07. The van der Waals surface area contributed by atoms with E-state index in [1.54, 1.807) is 12.1 Å². The number of aromatic nitrogens is 3. The minimum atomic E-state index is -1.17. The summed E-state index contributed by atoms with van der Waals surface area (Å²) < 4.78 is 5.46. The first-order valence-corrected chi connectivity index (χ1v) is 8.83. The molecule has 0 spiro atoms. The Morgan fingerprint density at radius 1 is 1.12 bits per heavy atom. The number of carboxylic acid groups (broad SMARTS) is 1. The summed E-state index contributed by atoms with van der Waals surface area (Å²) in [7, 11) is -0.00595. The maximum absolute atomic E-state index is 11.0. The van der Waals surface area contributed by atoms with Gasteiger partial charge in [-0.25, -0.2) is 9.89 Å². The first-order chi connectivity index (χ1) is 11.5. The Balaban J connectivity index is 1.79. The SMILES string of the molecule is C=S(C)c1ccc(-c2ccc(Oc3nn[nH]c3C(=O)O)cc2)cc1. The molecular weight excluding hydrogens is 326 g/mol. The van der Waals surface area contributed by atoms with Gasteiger partial charge in [-0.3, -0.25) is 0 Å². The molecule has 3 aromatic rings. The quantitative estimate of drug-likeness (QED) is 0.692. The van der Waals surface area contributed by atoms with Crippen LogP contribution in [-0.4, -0.2) is 38.6 Å². The van der Waals surface area contributed by atoms with Crippen molar-refractivity contribution < 1.29 is 14.6 Å². The normalized spacial score (nSPS) is 11.9. The maximum Gasteiger partial charge on any atom is 0.359 e. The first-order valence-electron chi connectivity index (χ1n) is 7.03. The van der Waals surface area contributed by atoms with E-state index in [1.807, 2.05) is 12.1 Å². The number of nitrogens with one attached hydrogen (secondary N) is 1. The van der Waals surface area contributed by atoms with Crippen molar-refractivity contribution in [3.63, 3.8) is 0 Å². The highest BCUT2D eigenvalue weighted by Crippen LogP contribution is 2.28. The van der Waals surface area contributed by atoms with Crippen LogP contribution in [0, 0.1) is 0 Å². The van der Waals surface area contributed by atoms with Gasteiger partial charge >= 0.3 is 5.97 Å². The largest absolute Gasteiger partial charge is 0.476 e. The number of ether oxygens (including phenoxy) is 1. The summed E-state index contributed by atoms with van der Waals surface area (Å²) in [6.45, 7) is 0. The van der Waals surface area contributed by atoms with Gasteiger partial charge in [0.05, 0.1) is 0 Å². The van der Waals surface area contributed by atoms with E-state index in [0.29, 0.717) is 5.75 Å². The van der Waals surface area contributed by atoms with E-state index in [-0.39, 0.29) is 22.1 Å². The number of hydrogen-bond donors (Lipinski definition) is 2. The molecule has 0 saturated carbocycles.